The Kier molecular flexibility index (Phi) is 3.06. The van der Waals surface area contributed by atoms with Crippen LogP contribution in [0.25, 0.3) is 0 Å². The van der Waals surface area contributed by atoms with Gasteiger partial charge in [-0.3, -0.25) is 9.67 Å². The van der Waals surface area contributed by atoms with E-state index in [9.17, 15) is 0 Å². The molecule has 2 aromatic heterocycles. The topological polar surface area (TPSA) is 78.8 Å². The third-order valence-electron chi connectivity index (χ3n) is 2.54. The van der Waals surface area contributed by atoms with E-state index < -0.39 is 6.04 Å². The van der Waals surface area contributed by atoms with Crippen molar-refractivity contribution in [2.45, 2.75) is 13.0 Å². The van der Waals surface area contributed by atoms with Crippen LogP contribution in [-0.2, 0) is 7.05 Å². The summed E-state index contributed by atoms with van der Waals surface area (Å²) in [6.07, 6.45) is 3.17. The summed E-state index contributed by atoms with van der Waals surface area (Å²) in [6, 6.07) is 1.53. The van der Waals surface area contributed by atoms with Crippen molar-refractivity contribution in [3.63, 3.8) is 0 Å². The number of hydrogen-bond donors (Lipinski definition) is 1. The first kappa shape index (κ1) is 11.5. The molecule has 2 heterocycles. The monoisotopic (exact) mass is 233 g/mol. The lowest BCUT2D eigenvalue weighted by molar-refractivity contribution is 0.386. The maximum absolute atomic E-state index is 6.16. The van der Waals surface area contributed by atoms with Crippen LogP contribution < -0.4 is 10.5 Å². The number of hydrogen-bond acceptors (Lipinski definition) is 5. The molecule has 2 N–H and O–H groups in total. The number of rotatable bonds is 3. The van der Waals surface area contributed by atoms with Gasteiger partial charge in [0.15, 0.2) is 0 Å². The average molecular weight is 233 g/mol. The van der Waals surface area contributed by atoms with Crippen LogP contribution in [0, 0.1) is 6.92 Å². The largest absolute Gasteiger partial charge is 0.480 e. The number of aryl methyl sites for hydroxylation is 2. The van der Waals surface area contributed by atoms with E-state index in [-0.39, 0.29) is 0 Å². The van der Waals surface area contributed by atoms with Gasteiger partial charge in [-0.15, -0.1) is 0 Å². The molecule has 90 valence electrons. The van der Waals surface area contributed by atoms with Gasteiger partial charge in [0.25, 0.3) is 0 Å². The normalized spacial score (nSPS) is 12.5. The molecule has 6 nitrogen and oxygen atoms in total. The number of aromatic nitrogens is 4. The van der Waals surface area contributed by atoms with Crippen molar-refractivity contribution in [2.75, 3.05) is 7.11 Å². The molecule has 0 bridgehead atoms. The van der Waals surface area contributed by atoms with Crippen LogP contribution >= 0.6 is 0 Å². The summed E-state index contributed by atoms with van der Waals surface area (Å²) in [5.41, 5.74) is 8.57. The predicted octanol–water partition coefficient (Wildman–Crippen LogP) is 0.575. The second-order valence-electron chi connectivity index (χ2n) is 3.76. The summed E-state index contributed by atoms with van der Waals surface area (Å²) in [6.45, 7) is 1.92. The molecule has 0 amide bonds. The van der Waals surface area contributed by atoms with Gasteiger partial charge in [-0.05, 0) is 13.0 Å². The van der Waals surface area contributed by atoms with Gasteiger partial charge in [-0.25, -0.2) is 4.98 Å². The highest BCUT2D eigenvalue weighted by Gasteiger charge is 2.19. The van der Waals surface area contributed by atoms with Gasteiger partial charge < -0.3 is 10.5 Å². The third-order valence-corrected chi connectivity index (χ3v) is 2.54. The molecule has 17 heavy (non-hydrogen) atoms. The lowest BCUT2D eigenvalue weighted by atomic mass is 10.1. The molecule has 0 spiro atoms. The molecule has 2 rings (SSSR count). The summed E-state index contributed by atoms with van der Waals surface area (Å²) in [5, 5.41) is 4.26. The lowest BCUT2D eigenvalue weighted by Crippen LogP contribution is -2.18. The van der Waals surface area contributed by atoms with Crippen molar-refractivity contribution in [1.29, 1.82) is 0 Å². The van der Waals surface area contributed by atoms with E-state index >= 15 is 0 Å². The molecule has 2 aromatic rings. The maximum Gasteiger partial charge on any atom is 0.237 e. The van der Waals surface area contributed by atoms with Crippen LogP contribution in [0.3, 0.4) is 0 Å². The lowest BCUT2D eigenvalue weighted by Gasteiger charge is -2.13. The highest BCUT2D eigenvalue weighted by molar-refractivity contribution is 5.29. The summed E-state index contributed by atoms with van der Waals surface area (Å²) in [4.78, 5) is 8.31. The Labute approximate surface area is 99.4 Å². The van der Waals surface area contributed by atoms with Crippen molar-refractivity contribution >= 4 is 0 Å². The SMILES string of the molecule is COc1nccnc1C(N)c1cc(C)nn1C. The van der Waals surface area contributed by atoms with Gasteiger partial charge in [0, 0.05) is 19.4 Å². The highest BCUT2D eigenvalue weighted by atomic mass is 16.5. The summed E-state index contributed by atoms with van der Waals surface area (Å²) in [7, 11) is 3.40. The first-order chi connectivity index (χ1) is 8.13. The fraction of sp³-hybridized carbons (Fsp3) is 0.364. The van der Waals surface area contributed by atoms with E-state index in [1.807, 2.05) is 20.0 Å². The standard InChI is InChI=1S/C11H15N5O/c1-7-6-8(16(2)15-7)9(12)10-11(17-3)14-5-4-13-10/h4-6,9H,12H2,1-3H3. The average Bonchev–Trinajstić information content (AvgIpc) is 2.67. The Bertz CT molecular complexity index is 522. The van der Waals surface area contributed by atoms with Crippen LogP contribution in [0.15, 0.2) is 18.5 Å². The Morgan fingerprint density at radius 2 is 2.06 bits per heavy atom. The zero-order valence-electron chi connectivity index (χ0n) is 10.1. The van der Waals surface area contributed by atoms with Crippen molar-refractivity contribution in [1.82, 2.24) is 19.7 Å². The molecule has 0 aliphatic rings. The molecule has 1 unspecified atom stereocenters. The minimum atomic E-state index is -0.398. The summed E-state index contributed by atoms with van der Waals surface area (Å²) >= 11 is 0. The van der Waals surface area contributed by atoms with Crippen LogP contribution in [-0.4, -0.2) is 26.9 Å². The van der Waals surface area contributed by atoms with E-state index in [1.165, 1.54) is 0 Å². The zero-order valence-corrected chi connectivity index (χ0v) is 10.1. The van der Waals surface area contributed by atoms with Gasteiger partial charge in [0.05, 0.1) is 24.5 Å². The molecule has 0 aromatic carbocycles. The molecule has 0 aliphatic heterocycles. The van der Waals surface area contributed by atoms with Crippen molar-refractivity contribution in [3.05, 3.63) is 35.5 Å². The smallest absolute Gasteiger partial charge is 0.237 e. The Balaban J connectivity index is 2.43. The number of ether oxygens (including phenoxy) is 1. The van der Waals surface area contributed by atoms with Crippen molar-refractivity contribution in [3.8, 4) is 5.88 Å². The second kappa shape index (κ2) is 4.50. The number of nitrogens with zero attached hydrogens (tertiary/aromatic N) is 4. The number of methoxy groups -OCH3 is 1. The van der Waals surface area contributed by atoms with Crippen LogP contribution in [0.2, 0.25) is 0 Å². The Hall–Kier alpha value is -1.95. The first-order valence-electron chi connectivity index (χ1n) is 5.24. The molecular formula is C11H15N5O. The van der Waals surface area contributed by atoms with Gasteiger partial charge in [0.1, 0.15) is 5.69 Å². The van der Waals surface area contributed by atoms with E-state index in [1.54, 1.807) is 24.2 Å². The van der Waals surface area contributed by atoms with Gasteiger partial charge >= 0.3 is 0 Å². The Morgan fingerprint density at radius 1 is 1.35 bits per heavy atom. The number of nitrogens with two attached hydrogens (primary N) is 1. The zero-order chi connectivity index (χ0) is 12.4. The maximum atomic E-state index is 6.16. The summed E-state index contributed by atoms with van der Waals surface area (Å²) in [5.74, 6) is 0.443. The van der Waals surface area contributed by atoms with E-state index in [0.717, 1.165) is 11.4 Å². The minimum absolute atomic E-state index is 0.398. The van der Waals surface area contributed by atoms with Gasteiger partial charge in [-0.2, -0.15) is 5.10 Å². The van der Waals surface area contributed by atoms with Gasteiger partial charge in [0.2, 0.25) is 5.88 Å². The molecule has 0 saturated heterocycles. The fourth-order valence-electron chi connectivity index (χ4n) is 1.77. The van der Waals surface area contributed by atoms with Crippen LogP contribution in [0.5, 0.6) is 5.88 Å². The third kappa shape index (κ3) is 2.12. The van der Waals surface area contributed by atoms with Crippen molar-refractivity contribution in [2.24, 2.45) is 12.8 Å². The quantitative estimate of drug-likeness (QED) is 0.838. The Morgan fingerprint density at radius 3 is 2.65 bits per heavy atom. The van der Waals surface area contributed by atoms with Crippen molar-refractivity contribution < 1.29 is 4.74 Å². The first-order valence-corrected chi connectivity index (χ1v) is 5.24. The fourth-order valence-corrected chi connectivity index (χ4v) is 1.77. The second-order valence-corrected chi connectivity index (χ2v) is 3.76. The molecular weight excluding hydrogens is 218 g/mol. The minimum Gasteiger partial charge on any atom is -0.480 e. The van der Waals surface area contributed by atoms with Gasteiger partial charge in [-0.1, -0.05) is 0 Å². The van der Waals surface area contributed by atoms with E-state index in [4.69, 9.17) is 10.5 Å². The molecule has 0 saturated carbocycles. The van der Waals surface area contributed by atoms with E-state index in [2.05, 4.69) is 15.1 Å². The molecule has 1 atom stereocenters. The summed E-state index contributed by atoms with van der Waals surface area (Å²) < 4.78 is 6.90. The molecule has 0 radical (unpaired) electrons. The molecule has 0 fully saturated rings. The molecule has 6 heteroatoms. The van der Waals surface area contributed by atoms with Crippen LogP contribution in [0.4, 0.5) is 0 Å². The highest BCUT2D eigenvalue weighted by Crippen LogP contribution is 2.23. The predicted molar refractivity (Wildman–Crippen MR) is 62.6 cm³/mol. The molecule has 0 aliphatic carbocycles. The van der Waals surface area contributed by atoms with Crippen LogP contribution in [0.1, 0.15) is 23.1 Å². The van der Waals surface area contributed by atoms with E-state index in [0.29, 0.717) is 11.6 Å².